The molecule has 0 aliphatic rings. The van der Waals surface area contributed by atoms with Crippen molar-refractivity contribution in [2.45, 2.75) is 13.8 Å². The molecule has 1 aromatic heterocycles. The van der Waals surface area contributed by atoms with E-state index in [1.54, 1.807) is 24.3 Å². The summed E-state index contributed by atoms with van der Waals surface area (Å²) in [6.07, 6.45) is 0. The predicted molar refractivity (Wildman–Crippen MR) is 85.3 cm³/mol. The fraction of sp³-hybridized carbons (Fsp3) is 0.308. The lowest BCUT2D eigenvalue weighted by Crippen LogP contribution is -2.21. The molecule has 0 atom stereocenters. The summed E-state index contributed by atoms with van der Waals surface area (Å²) in [5.74, 6) is 0.313. The molecule has 6 nitrogen and oxygen atoms in total. The number of hydrogen-bond acceptors (Lipinski definition) is 6. The van der Waals surface area contributed by atoms with Gasteiger partial charge in [-0.15, -0.1) is 11.3 Å². The van der Waals surface area contributed by atoms with Crippen LogP contribution in [-0.4, -0.2) is 25.8 Å². The third-order valence-electron chi connectivity index (χ3n) is 2.80. The molecular formula is C13H17N3O3S2. The smallest absolute Gasteiger partial charge is 0.237 e. The molecule has 0 fully saturated rings. The molecule has 8 heteroatoms. The van der Waals surface area contributed by atoms with Crippen LogP contribution in [0.15, 0.2) is 24.3 Å². The fourth-order valence-corrected chi connectivity index (χ4v) is 3.50. The van der Waals surface area contributed by atoms with E-state index in [0.717, 1.165) is 10.6 Å². The zero-order chi connectivity index (χ0) is 15.5. The molecule has 0 spiro atoms. The fourth-order valence-electron chi connectivity index (χ4n) is 1.57. The molecule has 0 unspecified atom stereocenters. The Morgan fingerprint density at radius 2 is 2.05 bits per heavy atom. The van der Waals surface area contributed by atoms with Gasteiger partial charge in [-0.1, -0.05) is 12.1 Å². The Morgan fingerprint density at radius 1 is 1.33 bits per heavy atom. The quantitative estimate of drug-likeness (QED) is 0.793. The van der Waals surface area contributed by atoms with Crippen LogP contribution >= 0.6 is 11.3 Å². The maximum absolute atomic E-state index is 11.9. The molecule has 114 valence electrons. The molecule has 0 bridgehead atoms. The summed E-state index contributed by atoms with van der Waals surface area (Å²) in [5.41, 5.74) is 7.02. The van der Waals surface area contributed by atoms with Gasteiger partial charge in [-0.25, -0.2) is 13.4 Å². The van der Waals surface area contributed by atoms with E-state index in [1.807, 2.05) is 13.8 Å². The first-order valence-corrected chi connectivity index (χ1v) is 8.76. The molecule has 1 aromatic carbocycles. The standard InChI is InChI=1S/C13H17N3O3S2/c1-9-10(2)20-13(15-9)16-21(17,18)8-7-19-12-6-4-3-5-11(12)14/h3-6H,7-8,14H2,1-2H3,(H,15,16). The highest BCUT2D eigenvalue weighted by atomic mass is 32.2. The van der Waals surface area contributed by atoms with Crippen molar-refractivity contribution in [3.8, 4) is 5.75 Å². The number of sulfonamides is 1. The number of thiazole rings is 1. The monoisotopic (exact) mass is 327 g/mol. The van der Waals surface area contributed by atoms with Crippen molar-refractivity contribution in [3.05, 3.63) is 34.8 Å². The van der Waals surface area contributed by atoms with Crippen molar-refractivity contribution < 1.29 is 13.2 Å². The van der Waals surface area contributed by atoms with Crippen molar-refractivity contribution in [2.24, 2.45) is 0 Å². The van der Waals surface area contributed by atoms with E-state index in [4.69, 9.17) is 10.5 Å². The van der Waals surface area contributed by atoms with Crippen LogP contribution in [0.1, 0.15) is 10.6 Å². The van der Waals surface area contributed by atoms with Gasteiger partial charge in [-0.2, -0.15) is 0 Å². The van der Waals surface area contributed by atoms with Gasteiger partial charge in [0.1, 0.15) is 18.1 Å². The highest BCUT2D eigenvalue weighted by Gasteiger charge is 2.14. The summed E-state index contributed by atoms with van der Waals surface area (Å²) in [5, 5.41) is 0.379. The third kappa shape index (κ3) is 4.33. The van der Waals surface area contributed by atoms with Gasteiger partial charge in [-0.3, -0.25) is 4.72 Å². The molecule has 0 aliphatic carbocycles. The highest BCUT2D eigenvalue weighted by Crippen LogP contribution is 2.22. The molecule has 0 radical (unpaired) electrons. The summed E-state index contributed by atoms with van der Waals surface area (Å²) in [4.78, 5) is 5.13. The number of nitrogens with one attached hydrogen (secondary N) is 1. The van der Waals surface area contributed by atoms with Gasteiger partial charge in [0.2, 0.25) is 10.0 Å². The zero-order valence-electron chi connectivity index (χ0n) is 11.8. The molecule has 21 heavy (non-hydrogen) atoms. The molecule has 0 amide bonds. The van der Waals surface area contributed by atoms with Crippen LogP contribution in [0.25, 0.3) is 0 Å². The number of anilines is 2. The number of aryl methyl sites for hydroxylation is 2. The Labute approximate surface area is 128 Å². The average Bonchev–Trinajstić information content (AvgIpc) is 2.69. The van der Waals surface area contributed by atoms with Crippen LogP contribution in [0, 0.1) is 13.8 Å². The summed E-state index contributed by atoms with van der Waals surface area (Å²) in [6.45, 7) is 3.75. The topological polar surface area (TPSA) is 94.3 Å². The number of nitrogen functional groups attached to an aromatic ring is 1. The van der Waals surface area contributed by atoms with E-state index < -0.39 is 10.0 Å². The van der Waals surface area contributed by atoms with E-state index in [0.29, 0.717) is 16.6 Å². The number of hydrogen-bond donors (Lipinski definition) is 2. The van der Waals surface area contributed by atoms with Gasteiger partial charge in [0.15, 0.2) is 5.13 Å². The van der Waals surface area contributed by atoms with Gasteiger partial charge >= 0.3 is 0 Å². The normalized spacial score (nSPS) is 11.3. The summed E-state index contributed by atoms with van der Waals surface area (Å²) < 4.78 is 31.7. The molecule has 0 saturated heterocycles. The summed E-state index contributed by atoms with van der Waals surface area (Å²) >= 11 is 1.31. The van der Waals surface area contributed by atoms with Crippen molar-refractivity contribution in [1.29, 1.82) is 0 Å². The highest BCUT2D eigenvalue weighted by molar-refractivity contribution is 7.92. The van der Waals surface area contributed by atoms with E-state index in [-0.39, 0.29) is 12.4 Å². The van der Waals surface area contributed by atoms with Crippen molar-refractivity contribution >= 4 is 32.2 Å². The Kier molecular flexibility index (Phi) is 4.69. The molecular weight excluding hydrogens is 310 g/mol. The van der Waals surface area contributed by atoms with E-state index in [9.17, 15) is 8.42 Å². The van der Waals surface area contributed by atoms with Crippen molar-refractivity contribution in [3.63, 3.8) is 0 Å². The maximum Gasteiger partial charge on any atom is 0.237 e. The van der Waals surface area contributed by atoms with Gasteiger partial charge in [0.05, 0.1) is 11.4 Å². The second-order valence-electron chi connectivity index (χ2n) is 4.47. The van der Waals surface area contributed by atoms with Crippen LogP contribution in [0.2, 0.25) is 0 Å². The van der Waals surface area contributed by atoms with Crippen LogP contribution in [0.3, 0.4) is 0 Å². The number of ether oxygens (including phenoxy) is 1. The molecule has 2 aromatic rings. The number of nitrogens with two attached hydrogens (primary N) is 1. The SMILES string of the molecule is Cc1nc(NS(=O)(=O)CCOc2ccccc2N)sc1C. The average molecular weight is 327 g/mol. The molecule has 0 aliphatic heterocycles. The number of benzene rings is 1. The van der Waals surface area contributed by atoms with Crippen LogP contribution in [-0.2, 0) is 10.0 Å². The minimum atomic E-state index is -3.49. The Balaban J connectivity index is 1.91. The van der Waals surface area contributed by atoms with Crippen LogP contribution in [0.4, 0.5) is 10.8 Å². The first-order valence-electron chi connectivity index (χ1n) is 6.29. The van der Waals surface area contributed by atoms with E-state index in [2.05, 4.69) is 9.71 Å². The summed E-state index contributed by atoms with van der Waals surface area (Å²) in [7, 11) is -3.49. The Bertz CT molecular complexity index is 707. The summed E-state index contributed by atoms with van der Waals surface area (Å²) in [6, 6.07) is 6.96. The number of rotatable bonds is 6. The molecule has 0 saturated carbocycles. The number of aromatic nitrogens is 1. The predicted octanol–water partition coefficient (Wildman–Crippen LogP) is 2.16. The van der Waals surface area contributed by atoms with Crippen molar-refractivity contribution in [2.75, 3.05) is 22.8 Å². The van der Waals surface area contributed by atoms with Crippen LogP contribution in [0.5, 0.6) is 5.75 Å². The maximum atomic E-state index is 11.9. The van der Waals surface area contributed by atoms with Gasteiger partial charge in [-0.05, 0) is 26.0 Å². The Hall–Kier alpha value is -1.80. The molecule has 1 heterocycles. The van der Waals surface area contributed by atoms with Gasteiger partial charge < -0.3 is 10.5 Å². The molecule has 2 rings (SSSR count). The van der Waals surface area contributed by atoms with Crippen LogP contribution < -0.4 is 15.2 Å². The Morgan fingerprint density at radius 3 is 2.67 bits per heavy atom. The second kappa shape index (κ2) is 6.31. The first kappa shape index (κ1) is 15.6. The lowest BCUT2D eigenvalue weighted by Gasteiger charge is -2.09. The van der Waals surface area contributed by atoms with Crippen molar-refractivity contribution in [1.82, 2.24) is 4.98 Å². The largest absolute Gasteiger partial charge is 0.490 e. The number of nitrogens with zero attached hydrogens (tertiary/aromatic N) is 1. The minimum absolute atomic E-state index is 0.0207. The first-order chi connectivity index (χ1) is 9.87. The van der Waals surface area contributed by atoms with E-state index in [1.165, 1.54) is 11.3 Å². The lowest BCUT2D eigenvalue weighted by molar-refractivity contribution is 0.343. The third-order valence-corrected chi connectivity index (χ3v) is 5.13. The molecule has 3 N–H and O–H groups in total. The van der Waals surface area contributed by atoms with Gasteiger partial charge in [0.25, 0.3) is 0 Å². The lowest BCUT2D eigenvalue weighted by atomic mass is 10.3. The van der Waals surface area contributed by atoms with E-state index >= 15 is 0 Å². The number of para-hydroxylation sites is 2. The zero-order valence-corrected chi connectivity index (χ0v) is 13.4. The van der Waals surface area contributed by atoms with Gasteiger partial charge in [0, 0.05) is 4.88 Å². The second-order valence-corrected chi connectivity index (χ2v) is 7.51. The minimum Gasteiger partial charge on any atom is -0.490 e.